The van der Waals surface area contributed by atoms with E-state index < -0.39 is 28.3 Å². The Hall–Kier alpha value is -2.35. The molecular weight excluding hydrogens is 321 g/mol. The molecule has 5 nitrogen and oxygen atoms in total. The number of nitrogens with zero attached hydrogens (tertiary/aromatic N) is 2. The minimum absolute atomic E-state index is 0.0367. The van der Waals surface area contributed by atoms with Crippen LogP contribution >= 0.6 is 11.6 Å². The topological polar surface area (TPSA) is 74.4 Å². The van der Waals surface area contributed by atoms with Crippen LogP contribution < -0.4 is 5.69 Å². The third kappa shape index (κ3) is 2.35. The molecule has 0 saturated carbocycles. The van der Waals surface area contributed by atoms with Crippen molar-refractivity contribution in [2.45, 2.75) is 12.8 Å². The highest BCUT2D eigenvalue weighted by atomic mass is 35.5. The summed E-state index contributed by atoms with van der Waals surface area (Å²) in [6.45, 7) is 0.655. The van der Waals surface area contributed by atoms with E-state index in [1.54, 1.807) is 0 Å². The van der Waals surface area contributed by atoms with Gasteiger partial charge in [-0.25, -0.2) is 19.2 Å². The van der Waals surface area contributed by atoms with Crippen LogP contribution in [0.2, 0.25) is 5.15 Å². The molecule has 9 heteroatoms. The van der Waals surface area contributed by atoms with Gasteiger partial charge >= 0.3 is 5.69 Å². The highest BCUT2D eigenvalue weighted by molar-refractivity contribution is 6.30. The fraction of sp³-hybridized carbons (Fsp3) is 0.154. The molecule has 1 aromatic carbocycles. The molecule has 2 heterocycles. The first-order valence-electron chi connectivity index (χ1n) is 6.09. The molecule has 0 atom stereocenters. The quantitative estimate of drug-likeness (QED) is 0.758. The van der Waals surface area contributed by atoms with Gasteiger partial charge in [0, 0.05) is 12.5 Å². The van der Waals surface area contributed by atoms with Crippen molar-refractivity contribution in [2.75, 3.05) is 0 Å². The van der Waals surface area contributed by atoms with E-state index >= 15 is 0 Å². The van der Waals surface area contributed by atoms with Crippen LogP contribution in [0.25, 0.3) is 22.3 Å². The van der Waals surface area contributed by atoms with E-state index in [2.05, 4.69) is 19.9 Å². The summed E-state index contributed by atoms with van der Waals surface area (Å²) in [5.74, 6) is -3.86. The molecule has 0 aliphatic rings. The molecule has 0 radical (unpaired) electrons. The van der Waals surface area contributed by atoms with Gasteiger partial charge < -0.3 is 9.97 Å². The Morgan fingerprint density at radius 1 is 1.23 bits per heavy atom. The number of hydrogen-bond donors (Lipinski definition) is 2. The molecule has 0 saturated heterocycles. The Morgan fingerprint density at radius 3 is 2.55 bits per heavy atom. The van der Waals surface area contributed by atoms with Gasteiger partial charge in [-0.2, -0.15) is 8.78 Å². The third-order valence-corrected chi connectivity index (χ3v) is 3.32. The molecule has 2 aromatic heterocycles. The van der Waals surface area contributed by atoms with E-state index in [1.165, 1.54) is 6.07 Å². The molecule has 0 unspecified atom stereocenters. The number of fused-ring (bicyclic) bond motifs is 1. The molecule has 114 valence electrons. The fourth-order valence-electron chi connectivity index (χ4n) is 2.09. The van der Waals surface area contributed by atoms with Crippen molar-refractivity contribution in [1.82, 2.24) is 19.9 Å². The predicted octanol–water partition coefficient (Wildman–Crippen LogP) is 3.22. The number of halogens is 4. The van der Waals surface area contributed by atoms with Gasteiger partial charge in [-0.05, 0) is 12.1 Å². The molecule has 0 bridgehead atoms. The number of aromatic amines is 2. The van der Waals surface area contributed by atoms with Crippen LogP contribution in [0.3, 0.4) is 0 Å². The summed E-state index contributed by atoms with van der Waals surface area (Å²) in [6.07, 6.45) is 1.09. The first-order chi connectivity index (χ1) is 10.3. The Kier molecular flexibility index (Phi) is 3.21. The molecule has 0 spiro atoms. The monoisotopic (exact) mass is 328 g/mol. The number of imidazole rings is 1. The van der Waals surface area contributed by atoms with Crippen molar-refractivity contribution in [1.29, 1.82) is 0 Å². The second kappa shape index (κ2) is 4.84. The molecule has 3 aromatic rings. The minimum atomic E-state index is -3.23. The lowest BCUT2D eigenvalue weighted by molar-refractivity contribution is 0.0125. The number of benzene rings is 1. The summed E-state index contributed by atoms with van der Waals surface area (Å²) in [4.78, 5) is 23.5. The van der Waals surface area contributed by atoms with Crippen LogP contribution in [0.4, 0.5) is 13.2 Å². The van der Waals surface area contributed by atoms with Gasteiger partial charge in [-0.3, -0.25) is 0 Å². The van der Waals surface area contributed by atoms with E-state index in [9.17, 15) is 18.0 Å². The van der Waals surface area contributed by atoms with E-state index in [0.717, 1.165) is 12.3 Å². The lowest BCUT2D eigenvalue weighted by Gasteiger charge is -2.11. The first-order valence-corrected chi connectivity index (χ1v) is 6.47. The second-order valence-corrected chi connectivity index (χ2v) is 5.07. The van der Waals surface area contributed by atoms with Crippen molar-refractivity contribution in [3.8, 4) is 11.3 Å². The molecule has 0 fully saturated rings. The standard InChI is InChI=1S/C13H8ClF3N4O/c1-13(16,17)10-11(14)19-7(4-18-10)5-2-3-6(15)9-8(5)20-12(22)21-9/h2-4H,1H3,(H2,20,21,22). The van der Waals surface area contributed by atoms with Gasteiger partial charge in [0.25, 0.3) is 5.92 Å². The fourth-order valence-corrected chi connectivity index (χ4v) is 2.40. The normalized spacial score (nSPS) is 12.0. The third-order valence-electron chi connectivity index (χ3n) is 3.05. The van der Waals surface area contributed by atoms with Gasteiger partial charge in [0.05, 0.1) is 17.4 Å². The summed E-state index contributed by atoms with van der Waals surface area (Å²) < 4.78 is 40.2. The smallest absolute Gasteiger partial charge is 0.305 e. The van der Waals surface area contributed by atoms with E-state index in [-0.39, 0.29) is 16.7 Å². The first kappa shape index (κ1) is 14.6. The molecular formula is C13H8ClF3N4O. The van der Waals surface area contributed by atoms with Gasteiger partial charge in [0.15, 0.2) is 5.15 Å². The molecule has 0 aliphatic heterocycles. The van der Waals surface area contributed by atoms with Crippen LogP contribution in [0.1, 0.15) is 12.6 Å². The van der Waals surface area contributed by atoms with Crippen molar-refractivity contribution >= 4 is 22.6 Å². The zero-order valence-corrected chi connectivity index (χ0v) is 11.8. The Morgan fingerprint density at radius 2 is 1.91 bits per heavy atom. The Balaban J connectivity index is 2.23. The molecule has 3 rings (SSSR count). The van der Waals surface area contributed by atoms with Crippen LogP contribution in [-0.2, 0) is 5.92 Å². The van der Waals surface area contributed by atoms with Crippen molar-refractivity contribution in [3.63, 3.8) is 0 Å². The predicted molar refractivity (Wildman–Crippen MR) is 74.5 cm³/mol. The largest absolute Gasteiger partial charge is 0.323 e. The van der Waals surface area contributed by atoms with E-state index in [0.29, 0.717) is 12.5 Å². The van der Waals surface area contributed by atoms with Crippen LogP contribution in [-0.4, -0.2) is 19.9 Å². The zero-order valence-electron chi connectivity index (χ0n) is 11.0. The number of hydrogen-bond acceptors (Lipinski definition) is 3. The molecule has 0 amide bonds. The van der Waals surface area contributed by atoms with Crippen LogP contribution in [0, 0.1) is 5.82 Å². The summed E-state index contributed by atoms with van der Waals surface area (Å²) >= 11 is 5.74. The number of nitrogens with one attached hydrogen (secondary N) is 2. The Bertz CT molecular complexity index is 929. The molecule has 0 aliphatic carbocycles. The highest BCUT2D eigenvalue weighted by Crippen LogP contribution is 2.32. The summed E-state index contributed by atoms with van der Waals surface area (Å²) in [5.41, 5.74) is -0.680. The van der Waals surface area contributed by atoms with E-state index in [4.69, 9.17) is 11.6 Å². The van der Waals surface area contributed by atoms with E-state index in [1.807, 2.05) is 0 Å². The maximum atomic E-state index is 13.6. The van der Waals surface area contributed by atoms with Crippen molar-refractivity contribution in [2.24, 2.45) is 0 Å². The number of H-pyrrole nitrogens is 2. The second-order valence-electron chi connectivity index (χ2n) is 4.71. The highest BCUT2D eigenvalue weighted by Gasteiger charge is 2.30. The average molecular weight is 329 g/mol. The molecule has 2 N–H and O–H groups in total. The SMILES string of the molecule is CC(F)(F)c1ncc(-c2ccc(F)c3[nH]c(=O)[nH]c23)nc1Cl. The number of aromatic nitrogens is 4. The number of rotatable bonds is 2. The lowest BCUT2D eigenvalue weighted by atomic mass is 10.1. The van der Waals surface area contributed by atoms with Gasteiger partial charge in [-0.1, -0.05) is 11.6 Å². The maximum absolute atomic E-state index is 13.6. The van der Waals surface area contributed by atoms with Crippen molar-refractivity contribution in [3.05, 3.63) is 45.5 Å². The number of alkyl halides is 2. The van der Waals surface area contributed by atoms with Gasteiger partial charge in [-0.15, -0.1) is 0 Å². The van der Waals surface area contributed by atoms with Crippen molar-refractivity contribution < 1.29 is 13.2 Å². The van der Waals surface area contributed by atoms with Gasteiger partial charge in [0.2, 0.25) is 0 Å². The lowest BCUT2D eigenvalue weighted by Crippen LogP contribution is -2.11. The minimum Gasteiger partial charge on any atom is -0.305 e. The van der Waals surface area contributed by atoms with Crippen LogP contribution in [0.15, 0.2) is 23.1 Å². The zero-order chi connectivity index (χ0) is 16.1. The Labute approximate surface area is 126 Å². The maximum Gasteiger partial charge on any atom is 0.323 e. The average Bonchev–Trinajstić information content (AvgIpc) is 2.80. The molecule has 22 heavy (non-hydrogen) atoms. The summed E-state index contributed by atoms with van der Waals surface area (Å²) in [6, 6.07) is 2.48. The summed E-state index contributed by atoms with van der Waals surface area (Å²) in [7, 11) is 0. The van der Waals surface area contributed by atoms with Gasteiger partial charge in [0.1, 0.15) is 17.0 Å². The summed E-state index contributed by atoms with van der Waals surface area (Å²) in [5, 5.41) is -0.458. The van der Waals surface area contributed by atoms with Crippen LogP contribution in [0.5, 0.6) is 0 Å².